The van der Waals surface area contributed by atoms with Gasteiger partial charge in [-0.3, -0.25) is 0 Å². The molecule has 10 aromatic rings. The smallest absolute Gasteiger partial charge is 0.335 e. The molecule has 0 spiro atoms. The molecule has 444 valence electrons. The first-order valence-electron chi connectivity index (χ1n) is 24.8. The summed E-state index contributed by atoms with van der Waals surface area (Å²) in [6.45, 7) is 12.1. The molecule has 0 atom stereocenters. The van der Waals surface area contributed by atoms with E-state index in [0.717, 1.165) is 101 Å². The van der Waals surface area contributed by atoms with Crippen LogP contribution in [-0.2, 0) is 0 Å². The number of carboxylic acids is 6. The Kier molecular flexibility index (Phi) is 14.9. The fourth-order valence-electron chi connectivity index (χ4n) is 8.41. The summed E-state index contributed by atoms with van der Waals surface area (Å²) in [6.07, 6.45) is 3.22. The summed E-state index contributed by atoms with van der Waals surface area (Å²) in [6, 6.07) is 13.1. The lowest BCUT2D eigenvalue weighted by Gasteiger charge is -2.10. The van der Waals surface area contributed by atoms with Crippen LogP contribution in [0, 0.1) is 50.0 Å². The number of aromatic nitrogens is 15. The van der Waals surface area contributed by atoms with Crippen molar-refractivity contribution in [1.82, 2.24) is 73.6 Å². The summed E-state index contributed by atoms with van der Waals surface area (Å²) in [5.74, 6) is -12.1. The topological polar surface area (TPSA) is 574 Å². The van der Waals surface area contributed by atoms with E-state index in [1.807, 2.05) is 12.1 Å². The van der Waals surface area contributed by atoms with Crippen LogP contribution >= 0.6 is 0 Å². The highest BCUT2D eigenvalue weighted by atomic mass is 16.4. The van der Waals surface area contributed by atoms with Gasteiger partial charge in [0.05, 0.1) is 92.7 Å². The first-order chi connectivity index (χ1) is 42.9. The lowest BCUT2D eigenvalue weighted by atomic mass is 10.1. The summed E-state index contributed by atoms with van der Waals surface area (Å²) in [7, 11) is 0. The van der Waals surface area contributed by atoms with Crippen LogP contribution in [0.25, 0.3) is 39.8 Å². The first kappa shape index (κ1) is 58.6. The number of anilines is 3. The average Bonchev–Trinajstić information content (AvgIpc) is 1.62. The minimum Gasteiger partial charge on any atom is -0.478 e. The first-order valence-corrected chi connectivity index (χ1v) is 24.8. The summed E-state index contributed by atoms with van der Waals surface area (Å²) in [5.41, 5.74) is 16.2. The highest BCUT2D eigenvalue weighted by molar-refractivity contribution is 5.97. The fourth-order valence-corrected chi connectivity index (χ4v) is 8.41. The standard InChI is InChI=1S/C51H33N27O12/c1-19-34(64-67-40-28(14-52)16-58-73(40)30-8-22(43(79)80)5-23(9-30)44(81)82)37(54)76(70-19)49-61-50(77-38(55)35(20(2)71-77)65-68-41-29(15-53)17-59-74(41)31-10-24(45(83)84)6-25(11-31)46(85)86)63-51(62-49)78-39(56)36(21(3)72-78)66-69-42-33(57-4)18-60-75(42)32-12-26(47(87)88)7-27(13-32)48(89)90/h5-13,16-18H,54-56H2,1-3H3,(H,79,80)(H,81,82)(H,83,84)(H,85,86)(H,87,88)(H,89,90)/b67-64+,68-65?,69-66?. The molecule has 12 N–H and O–H groups in total. The van der Waals surface area contributed by atoms with Crippen LogP contribution in [0.1, 0.15) is 90.4 Å². The van der Waals surface area contributed by atoms with Crippen LogP contribution in [0.15, 0.2) is 104 Å². The zero-order valence-corrected chi connectivity index (χ0v) is 45.5. The lowest BCUT2D eigenvalue weighted by Crippen LogP contribution is -2.17. The average molecular weight is 1220 g/mol. The molecule has 7 heterocycles. The van der Waals surface area contributed by atoms with Gasteiger partial charge in [0.2, 0.25) is 0 Å². The Morgan fingerprint density at radius 3 is 0.967 bits per heavy atom. The maximum atomic E-state index is 12.0. The molecule has 3 aromatic carbocycles. The molecule has 0 aliphatic rings. The second-order valence-corrected chi connectivity index (χ2v) is 18.4. The lowest BCUT2D eigenvalue weighted by molar-refractivity contribution is 0.0676. The van der Waals surface area contributed by atoms with Crippen molar-refractivity contribution in [2.75, 3.05) is 17.2 Å². The quantitative estimate of drug-likeness (QED) is 0.0332. The van der Waals surface area contributed by atoms with Gasteiger partial charge in [-0.1, -0.05) is 0 Å². The number of nitrogens with zero attached hydrogens (tertiary/aromatic N) is 24. The molecule has 0 aliphatic heterocycles. The third-order valence-electron chi connectivity index (χ3n) is 12.6. The summed E-state index contributed by atoms with van der Waals surface area (Å²) in [4.78, 5) is 89.0. The van der Waals surface area contributed by atoms with Gasteiger partial charge in [0.1, 0.15) is 23.3 Å². The van der Waals surface area contributed by atoms with Crippen molar-refractivity contribution in [2.45, 2.75) is 20.8 Å². The third kappa shape index (κ3) is 10.7. The normalized spacial score (nSPS) is 11.3. The van der Waals surface area contributed by atoms with E-state index >= 15 is 0 Å². The van der Waals surface area contributed by atoms with Gasteiger partial charge in [-0.25, -0.2) is 47.7 Å². The van der Waals surface area contributed by atoms with E-state index in [4.69, 9.17) is 23.8 Å². The molecule has 39 nitrogen and oxygen atoms in total. The number of nitrogens with two attached hydrogens (primary N) is 3. The highest BCUT2D eigenvalue weighted by Crippen LogP contribution is 2.38. The van der Waals surface area contributed by atoms with Crippen LogP contribution in [0.2, 0.25) is 0 Å². The maximum Gasteiger partial charge on any atom is 0.335 e. The minimum absolute atomic E-state index is 0.0383. The monoisotopic (exact) mass is 1220 g/mol. The van der Waals surface area contributed by atoms with E-state index in [9.17, 15) is 69.9 Å². The Labute approximate surface area is 497 Å². The predicted molar refractivity (Wildman–Crippen MR) is 299 cm³/mol. The number of nitriles is 2. The van der Waals surface area contributed by atoms with Gasteiger partial charge in [-0.05, 0) is 75.4 Å². The van der Waals surface area contributed by atoms with Crippen LogP contribution in [0.3, 0.4) is 0 Å². The number of aryl methyl sites for hydroxylation is 3. The Bertz CT molecular complexity index is 4420. The molecular weight excluding hydrogens is 1180 g/mol. The van der Waals surface area contributed by atoms with E-state index in [-0.39, 0.29) is 103 Å². The number of hydrogen-bond donors (Lipinski definition) is 9. The number of azo groups is 3. The van der Waals surface area contributed by atoms with E-state index in [1.54, 1.807) is 0 Å². The van der Waals surface area contributed by atoms with Crippen molar-refractivity contribution < 1.29 is 59.4 Å². The Morgan fingerprint density at radius 2 is 0.700 bits per heavy atom. The van der Waals surface area contributed by atoms with Gasteiger partial charge in [-0.2, -0.15) is 70.1 Å². The fraction of sp³-hybridized carbons (Fsp3) is 0.0588. The molecule has 0 fully saturated rings. The molecule has 10 rings (SSSR count). The third-order valence-corrected chi connectivity index (χ3v) is 12.6. The van der Waals surface area contributed by atoms with Gasteiger partial charge < -0.3 is 47.8 Å². The van der Waals surface area contributed by atoms with Gasteiger partial charge in [0.15, 0.2) is 52.0 Å². The van der Waals surface area contributed by atoms with Crippen LogP contribution in [0.5, 0.6) is 0 Å². The predicted octanol–water partition coefficient (Wildman–Crippen LogP) is 6.39. The molecule has 0 unspecified atom stereocenters. The number of benzene rings is 3. The second kappa shape index (κ2) is 22.9. The van der Waals surface area contributed by atoms with Crippen molar-refractivity contribution in [1.29, 1.82) is 10.5 Å². The Balaban J connectivity index is 1.10. The molecule has 0 amide bonds. The molecule has 0 aliphatic carbocycles. The number of nitrogen functional groups attached to an aromatic ring is 3. The van der Waals surface area contributed by atoms with Crippen molar-refractivity contribution in [2.24, 2.45) is 30.7 Å². The summed E-state index contributed by atoms with van der Waals surface area (Å²) >= 11 is 0. The van der Waals surface area contributed by atoms with Crippen LogP contribution in [-0.4, -0.2) is 140 Å². The van der Waals surface area contributed by atoms with E-state index in [1.165, 1.54) is 20.8 Å². The SMILES string of the molecule is [C-]#[N+]c1cnn(-c2cc(C(=O)O)cc(C(=O)O)c2)c1N=Nc1c(C)nn(-c2nc(-n3nc(C)c(N=Nc4c(C#N)cnn4-c4cc(C(=O)O)cc(C(=O)O)c4)c3N)nc(-n3nc(C)c(/N=N/c4c(C#N)cnn4-c4cc(C(=O)O)cc(C(=O)O)c4)c3N)n2)c1N. The number of carbonyl (C=O) groups is 6. The molecule has 0 radical (unpaired) electrons. The molecular formula is C51H33N27O12. The van der Waals surface area contributed by atoms with Crippen LogP contribution < -0.4 is 17.2 Å². The molecule has 39 heteroatoms. The Morgan fingerprint density at radius 1 is 0.433 bits per heavy atom. The van der Waals surface area contributed by atoms with Crippen LogP contribution in [0.4, 0.5) is 57.7 Å². The second-order valence-electron chi connectivity index (χ2n) is 18.4. The molecule has 0 saturated heterocycles. The molecule has 0 saturated carbocycles. The number of hydrogen-bond acceptors (Lipinski definition) is 26. The van der Waals surface area contributed by atoms with Crippen molar-refractivity contribution in [3.8, 4) is 47.0 Å². The van der Waals surface area contributed by atoms with Gasteiger partial charge in [-0.15, -0.1) is 30.7 Å². The zero-order chi connectivity index (χ0) is 64.7. The van der Waals surface area contributed by atoms with E-state index in [0.29, 0.717) is 0 Å². The largest absolute Gasteiger partial charge is 0.478 e. The van der Waals surface area contributed by atoms with Gasteiger partial charge >= 0.3 is 35.8 Å². The van der Waals surface area contributed by atoms with Crippen molar-refractivity contribution in [3.63, 3.8) is 0 Å². The zero-order valence-electron chi connectivity index (χ0n) is 45.5. The summed E-state index contributed by atoms with van der Waals surface area (Å²) in [5, 5.41) is 130. The molecule has 90 heavy (non-hydrogen) atoms. The van der Waals surface area contributed by atoms with E-state index in [2.05, 4.69) is 81.1 Å². The van der Waals surface area contributed by atoms with Crippen molar-refractivity contribution >= 4 is 93.5 Å². The van der Waals surface area contributed by atoms with E-state index < -0.39 is 87.0 Å². The van der Waals surface area contributed by atoms with Crippen molar-refractivity contribution in [3.05, 3.63) is 146 Å². The molecule has 7 aromatic heterocycles. The Hall–Kier alpha value is -14.6. The summed E-state index contributed by atoms with van der Waals surface area (Å²) < 4.78 is 5.79. The number of rotatable bonds is 18. The highest BCUT2D eigenvalue weighted by Gasteiger charge is 2.27. The maximum absolute atomic E-state index is 12.0. The number of aromatic carboxylic acids is 6. The van der Waals surface area contributed by atoms with Gasteiger partial charge in [0, 0.05) is 0 Å². The number of carboxylic acid groups (broad SMARTS) is 6. The van der Waals surface area contributed by atoms with Gasteiger partial charge in [0.25, 0.3) is 23.5 Å². The minimum atomic E-state index is -1.47. The molecule has 0 bridgehead atoms.